The lowest BCUT2D eigenvalue weighted by atomic mass is 9.86. The van der Waals surface area contributed by atoms with Crippen molar-refractivity contribution in [1.82, 2.24) is 5.32 Å². The summed E-state index contributed by atoms with van der Waals surface area (Å²) in [7, 11) is 0. The molecule has 3 N–H and O–H groups in total. The number of thiophene rings is 1. The maximum atomic E-state index is 12.0. The minimum atomic E-state index is -0.453. The number of carbonyl (C=O) groups excluding carboxylic acids is 1. The molecule has 4 heteroatoms. The molecule has 90 valence electrons. The summed E-state index contributed by atoms with van der Waals surface area (Å²) in [6.45, 7) is 6.27. The molecule has 0 radical (unpaired) electrons. The highest BCUT2D eigenvalue weighted by atomic mass is 32.1. The second-order valence-electron chi connectivity index (χ2n) is 4.33. The molecule has 0 bridgehead atoms. The molecule has 2 atom stereocenters. The molecule has 1 amide bonds. The van der Waals surface area contributed by atoms with Crippen LogP contribution in [-0.4, -0.2) is 12.5 Å². The molecule has 1 aromatic heterocycles. The fourth-order valence-electron chi connectivity index (χ4n) is 1.38. The van der Waals surface area contributed by atoms with Crippen LogP contribution in [0.5, 0.6) is 0 Å². The molecule has 1 rings (SSSR count). The van der Waals surface area contributed by atoms with Gasteiger partial charge in [-0.05, 0) is 31.7 Å². The van der Waals surface area contributed by atoms with Crippen molar-refractivity contribution in [2.45, 2.75) is 33.2 Å². The van der Waals surface area contributed by atoms with E-state index in [0.717, 1.165) is 6.42 Å². The second kappa shape index (κ2) is 5.46. The molecule has 1 aromatic rings. The van der Waals surface area contributed by atoms with E-state index in [1.807, 2.05) is 38.3 Å². The van der Waals surface area contributed by atoms with Crippen LogP contribution in [-0.2, 0) is 4.79 Å². The van der Waals surface area contributed by atoms with Gasteiger partial charge in [0.1, 0.15) is 0 Å². The van der Waals surface area contributed by atoms with Gasteiger partial charge in [-0.3, -0.25) is 4.79 Å². The maximum Gasteiger partial charge on any atom is 0.227 e. The van der Waals surface area contributed by atoms with Gasteiger partial charge in [-0.2, -0.15) is 0 Å². The Labute approximate surface area is 101 Å². The van der Waals surface area contributed by atoms with Crippen molar-refractivity contribution in [3.05, 3.63) is 22.4 Å². The van der Waals surface area contributed by atoms with Gasteiger partial charge in [0.25, 0.3) is 0 Å². The molecule has 0 aliphatic heterocycles. The first-order valence-electron chi connectivity index (χ1n) is 5.58. The molecule has 0 fully saturated rings. The van der Waals surface area contributed by atoms with Crippen molar-refractivity contribution < 1.29 is 4.79 Å². The third-order valence-corrected chi connectivity index (χ3v) is 4.15. The highest BCUT2D eigenvalue weighted by molar-refractivity contribution is 7.10. The number of rotatable bonds is 5. The van der Waals surface area contributed by atoms with Crippen LogP contribution in [0.2, 0.25) is 0 Å². The number of carbonyl (C=O) groups is 1. The summed E-state index contributed by atoms with van der Waals surface area (Å²) < 4.78 is 0. The summed E-state index contributed by atoms with van der Waals surface area (Å²) in [5.41, 5.74) is 5.20. The first-order valence-corrected chi connectivity index (χ1v) is 6.46. The molecule has 1 unspecified atom stereocenters. The number of hydrogen-bond donors (Lipinski definition) is 2. The van der Waals surface area contributed by atoms with Crippen molar-refractivity contribution in [2.75, 3.05) is 6.54 Å². The van der Waals surface area contributed by atoms with Gasteiger partial charge in [-0.25, -0.2) is 0 Å². The van der Waals surface area contributed by atoms with Crippen LogP contribution in [0.1, 0.15) is 38.1 Å². The number of nitrogens with one attached hydrogen (secondary N) is 1. The Balaban J connectivity index is 2.64. The first-order chi connectivity index (χ1) is 7.53. The van der Waals surface area contributed by atoms with Crippen molar-refractivity contribution >= 4 is 17.2 Å². The molecule has 0 aliphatic carbocycles. The molecule has 0 saturated carbocycles. The van der Waals surface area contributed by atoms with E-state index in [1.165, 1.54) is 4.88 Å². The minimum Gasteiger partial charge on any atom is -0.348 e. The van der Waals surface area contributed by atoms with E-state index < -0.39 is 5.41 Å². The Kier molecular flexibility index (Phi) is 4.50. The lowest BCUT2D eigenvalue weighted by Gasteiger charge is -2.27. The summed E-state index contributed by atoms with van der Waals surface area (Å²) in [4.78, 5) is 13.2. The van der Waals surface area contributed by atoms with Crippen LogP contribution < -0.4 is 11.1 Å². The van der Waals surface area contributed by atoms with Gasteiger partial charge in [0.2, 0.25) is 5.91 Å². The zero-order chi connectivity index (χ0) is 12.2. The molecule has 1 heterocycles. The van der Waals surface area contributed by atoms with Crippen molar-refractivity contribution in [3.8, 4) is 0 Å². The Hall–Kier alpha value is -0.870. The summed E-state index contributed by atoms with van der Waals surface area (Å²) in [6, 6.07) is 4.08. The largest absolute Gasteiger partial charge is 0.348 e. The van der Waals surface area contributed by atoms with Crippen LogP contribution >= 0.6 is 11.3 Å². The monoisotopic (exact) mass is 240 g/mol. The van der Waals surface area contributed by atoms with E-state index in [-0.39, 0.29) is 11.9 Å². The van der Waals surface area contributed by atoms with E-state index in [2.05, 4.69) is 5.32 Å². The molecule has 3 nitrogen and oxygen atoms in total. The zero-order valence-corrected chi connectivity index (χ0v) is 10.9. The quantitative estimate of drug-likeness (QED) is 0.829. The van der Waals surface area contributed by atoms with Crippen LogP contribution in [0.4, 0.5) is 0 Å². The van der Waals surface area contributed by atoms with E-state index in [0.29, 0.717) is 6.54 Å². The van der Waals surface area contributed by atoms with Crippen LogP contribution in [0.15, 0.2) is 17.5 Å². The Morgan fingerprint density at radius 3 is 2.81 bits per heavy atom. The Morgan fingerprint density at radius 2 is 2.38 bits per heavy atom. The molecule has 0 saturated heterocycles. The van der Waals surface area contributed by atoms with Crippen LogP contribution in [0.25, 0.3) is 0 Å². The fraction of sp³-hybridized carbons (Fsp3) is 0.583. The average Bonchev–Trinajstić information content (AvgIpc) is 2.81. The number of nitrogens with two attached hydrogens (primary N) is 1. The zero-order valence-electron chi connectivity index (χ0n) is 10.1. The predicted octanol–water partition coefficient (Wildman–Crippen LogP) is 2.30. The van der Waals surface area contributed by atoms with Crippen molar-refractivity contribution in [2.24, 2.45) is 11.1 Å². The summed E-state index contributed by atoms with van der Waals surface area (Å²) in [6.07, 6.45) is 0.756. The summed E-state index contributed by atoms with van der Waals surface area (Å²) in [5, 5.41) is 5.03. The molecule has 0 aromatic carbocycles. The summed E-state index contributed by atoms with van der Waals surface area (Å²) >= 11 is 1.65. The number of amides is 1. The van der Waals surface area contributed by atoms with E-state index in [9.17, 15) is 4.79 Å². The van der Waals surface area contributed by atoms with Crippen molar-refractivity contribution in [1.29, 1.82) is 0 Å². The Morgan fingerprint density at radius 1 is 1.69 bits per heavy atom. The minimum absolute atomic E-state index is 0.0402. The maximum absolute atomic E-state index is 12.0. The standard InChI is InChI=1S/C12H20N2OS/c1-4-12(3,8-13)11(15)14-9(2)10-6-5-7-16-10/h5-7,9H,4,8,13H2,1-3H3,(H,14,15)/t9-,12?/m0/s1. The molecular weight excluding hydrogens is 220 g/mol. The molecular formula is C12H20N2OS. The molecule has 16 heavy (non-hydrogen) atoms. The van der Waals surface area contributed by atoms with Gasteiger partial charge in [-0.15, -0.1) is 11.3 Å². The van der Waals surface area contributed by atoms with Gasteiger partial charge >= 0.3 is 0 Å². The SMILES string of the molecule is CCC(C)(CN)C(=O)N[C@@H](C)c1cccs1. The second-order valence-corrected chi connectivity index (χ2v) is 5.31. The van der Waals surface area contributed by atoms with Crippen LogP contribution in [0.3, 0.4) is 0 Å². The van der Waals surface area contributed by atoms with E-state index >= 15 is 0 Å². The molecule has 0 aliphatic rings. The number of hydrogen-bond acceptors (Lipinski definition) is 3. The van der Waals surface area contributed by atoms with E-state index in [1.54, 1.807) is 11.3 Å². The third kappa shape index (κ3) is 2.83. The molecule has 0 spiro atoms. The van der Waals surface area contributed by atoms with Gasteiger partial charge in [0.15, 0.2) is 0 Å². The van der Waals surface area contributed by atoms with Crippen molar-refractivity contribution in [3.63, 3.8) is 0 Å². The van der Waals surface area contributed by atoms with Gasteiger partial charge in [-0.1, -0.05) is 13.0 Å². The fourth-order valence-corrected chi connectivity index (χ4v) is 2.11. The topological polar surface area (TPSA) is 55.1 Å². The van der Waals surface area contributed by atoms with Crippen LogP contribution in [0, 0.1) is 5.41 Å². The van der Waals surface area contributed by atoms with Gasteiger partial charge in [0, 0.05) is 11.4 Å². The normalized spacial score (nSPS) is 16.5. The van der Waals surface area contributed by atoms with Gasteiger partial charge in [0.05, 0.1) is 11.5 Å². The lowest BCUT2D eigenvalue weighted by molar-refractivity contribution is -0.130. The predicted molar refractivity (Wildman–Crippen MR) is 68.3 cm³/mol. The Bertz CT molecular complexity index is 331. The van der Waals surface area contributed by atoms with Gasteiger partial charge < -0.3 is 11.1 Å². The third-order valence-electron chi connectivity index (χ3n) is 3.10. The highest BCUT2D eigenvalue weighted by Gasteiger charge is 2.30. The summed E-state index contributed by atoms with van der Waals surface area (Å²) in [5.74, 6) is 0.0402. The highest BCUT2D eigenvalue weighted by Crippen LogP contribution is 2.23. The average molecular weight is 240 g/mol. The lowest BCUT2D eigenvalue weighted by Crippen LogP contribution is -2.44. The van der Waals surface area contributed by atoms with E-state index in [4.69, 9.17) is 5.73 Å². The first kappa shape index (κ1) is 13.2. The smallest absolute Gasteiger partial charge is 0.227 e.